The standard InChI is InChI=1S/C16H15N3O/c17-14(11-6-7-11)16-18-15(19-20-16)13-8-5-10-3-1-2-4-12(10)9-13/h1-5,8-9,11,14H,6-7,17H2. The van der Waals surface area contributed by atoms with Crippen LogP contribution in [0.2, 0.25) is 0 Å². The molecule has 0 amide bonds. The molecule has 0 radical (unpaired) electrons. The Balaban J connectivity index is 1.71. The van der Waals surface area contributed by atoms with Crippen LogP contribution in [-0.4, -0.2) is 10.1 Å². The Labute approximate surface area is 116 Å². The molecule has 0 bridgehead atoms. The van der Waals surface area contributed by atoms with E-state index in [4.69, 9.17) is 10.3 Å². The largest absolute Gasteiger partial charge is 0.337 e. The Hall–Kier alpha value is -2.20. The lowest BCUT2D eigenvalue weighted by molar-refractivity contribution is 0.343. The molecule has 100 valence electrons. The van der Waals surface area contributed by atoms with Crippen molar-refractivity contribution in [1.82, 2.24) is 10.1 Å². The summed E-state index contributed by atoms with van der Waals surface area (Å²) in [7, 11) is 0. The highest BCUT2D eigenvalue weighted by Gasteiger charge is 2.33. The minimum absolute atomic E-state index is 0.114. The molecule has 4 nitrogen and oxygen atoms in total. The first-order valence-corrected chi connectivity index (χ1v) is 6.89. The van der Waals surface area contributed by atoms with Crippen molar-refractivity contribution >= 4 is 10.8 Å². The van der Waals surface area contributed by atoms with E-state index in [9.17, 15) is 0 Å². The molecule has 0 aliphatic heterocycles. The van der Waals surface area contributed by atoms with Crippen molar-refractivity contribution < 1.29 is 4.52 Å². The summed E-state index contributed by atoms with van der Waals surface area (Å²) in [6.07, 6.45) is 2.32. The predicted molar refractivity (Wildman–Crippen MR) is 76.9 cm³/mol. The molecule has 3 aromatic rings. The summed E-state index contributed by atoms with van der Waals surface area (Å²) in [5.41, 5.74) is 7.05. The normalized spacial score (nSPS) is 16.4. The van der Waals surface area contributed by atoms with Gasteiger partial charge in [-0.05, 0) is 35.6 Å². The Kier molecular flexibility index (Phi) is 2.57. The van der Waals surface area contributed by atoms with Crippen LogP contribution in [0.3, 0.4) is 0 Å². The molecule has 2 aromatic carbocycles. The number of rotatable bonds is 3. The molecule has 2 N–H and O–H groups in total. The van der Waals surface area contributed by atoms with Gasteiger partial charge in [0, 0.05) is 5.56 Å². The molecule has 1 fully saturated rings. The fraction of sp³-hybridized carbons (Fsp3) is 0.250. The van der Waals surface area contributed by atoms with Crippen LogP contribution in [0.5, 0.6) is 0 Å². The molecule has 1 unspecified atom stereocenters. The Morgan fingerprint density at radius 1 is 1.10 bits per heavy atom. The van der Waals surface area contributed by atoms with Gasteiger partial charge in [-0.1, -0.05) is 41.6 Å². The van der Waals surface area contributed by atoms with E-state index < -0.39 is 0 Å². The molecule has 20 heavy (non-hydrogen) atoms. The van der Waals surface area contributed by atoms with Gasteiger partial charge in [0.1, 0.15) is 0 Å². The molecular weight excluding hydrogens is 250 g/mol. The number of benzene rings is 2. The van der Waals surface area contributed by atoms with Crippen molar-refractivity contribution in [2.75, 3.05) is 0 Å². The number of hydrogen-bond donors (Lipinski definition) is 1. The third kappa shape index (κ3) is 1.98. The predicted octanol–water partition coefficient (Wildman–Crippen LogP) is 3.30. The highest BCUT2D eigenvalue weighted by Crippen LogP contribution is 2.39. The molecule has 4 rings (SSSR count). The van der Waals surface area contributed by atoms with Gasteiger partial charge < -0.3 is 10.3 Å². The van der Waals surface area contributed by atoms with Gasteiger partial charge in [0.05, 0.1) is 6.04 Å². The Bertz CT molecular complexity index is 761. The fourth-order valence-electron chi connectivity index (χ4n) is 2.47. The zero-order valence-electron chi connectivity index (χ0n) is 11.0. The third-order valence-electron chi connectivity index (χ3n) is 3.86. The smallest absolute Gasteiger partial charge is 0.244 e. The Morgan fingerprint density at radius 3 is 2.70 bits per heavy atom. The number of aromatic nitrogens is 2. The van der Waals surface area contributed by atoms with Gasteiger partial charge in [0.15, 0.2) is 0 Å². The minimum atomic E-state index is -0.114. The van der Waals surface area contributed by atoms with E-state index in [1.807, 2.05) is 18.2 Å². The molecule has 0 saturated heterocycles. The van der Waals surface area contributed by atoms with Crippen LogP contribution in [0.15, 0.2) is 47.0 Å². The summed E-state index contributed by atoms with van der Waals surface area (Å²) in [4.78, 5) is 4.45. The zero-order valence-corrected chi connectivity index (χ0v) is 11.0. The van der Waals surface area contributed by atoms with Crippen LogP contribution in [0.1, 0.15) is 24.8 Å². The molecular formula is C16H15N3O. The molecule has 1 aromatic heterocycles. The second-order valence-corrected chi connectivity index (χ2v) is 5.38. The van der Waals surface area contributed by atoms with Crippen LogP contribution in [-0.2, 0) is 0 Å². The highest BCUT2D eigenvalue weighted by atomic mass is 16.5. The first-order chi connectivity index (χ1) is 9.81. The van der Waals surface area contributed by atoms with Gasteiger partial charge in [0.25, 0.3) is 0 Å². The van der Waals surface area contributed by atoms with Crippen molar-refractivity contribution in [1.29, 1.82) is 0 Å². The van der Waals surface area contributed by atoms with Crippen molar-refractivity contribution in [3.05, 3.63) is 48.4 Å². The summed E-state index contributed by atoms with van der Waals surface area (Å²) in [6, 6.07) is 14.3. The van der Waals surface area contributed by atoms with Gasteiger partial charge in [-0.15, -0.1) is 0 Å². The second kappa shape index (κ2) is 4.42. The average Bonchev–Trinajstić information content (AvgIpc) is 3.23. The van der Waals surface area contributed by atoms with Gasteiger partial charge in [-0.2, -0.15) is 4.98 Å². The van der Waals surface area contributed by atoms with Crippen LogP contribution in [0.4, 0.5) is 0 Å². The molecule has 1 heterocycles. The van der Waals surface area contributed by atoms with E-state index in [0.29, 0.717) is 17.6 Å². The lowest BCUT2D eigenvalue weighted by atomic mass is 10.1. The zero-order chi connectivity index (χ0) is 13.5. The van der Waals surface area contributed by atoms with Gasteiger partial charge in [0.2, 0.25) is 11.7 Å². The van der Waals surface area contributed by atoms with Crippen LogP contribution in [0, 0.1) is 5.92 Å². The van der Waals surface area contributed by atoms with Crippen LogP contribution < -0.4 is 5.73 Å². The maximum absolute atomic E-state index is 6.09. The summed E-state index contributed by atoms with van der Waals surface area (Å²) in [6.45, 7) is 0. The third-order valence-corrected chi connectivity index (χ3v) is 3.86. The van der Waals surface area contributed by atoms with E-state index >= 15 is 0 Å². The molecule has 0 spiro atoms. The van der Waals surface area contributed by atoms with Crippen molar-refractivity contribution in [2.24, 2.45) is 11.7 Å². The number of nitrogens with two attached hydrogens (primary N) is 1. The van der Waals surface area contributed by atoms with E-state index in [-0.39, 0.29) is 6.04 Å². The molecule has 1 aliphatic rings. The molecule has 1 aliphatic carbocycles. The quantitative estimate of drug-likeness (QED) is 0.789. The maximum atomic E-state index is 6.09. The van der Waals surface area contributed by atoms with E-state index in [0.717, 1.165) is 18.4 Å². The summed E-state index contributed by atoms with van der Waals surface area (Å²) < 4.78 is 5.31. The van der Waals surface area contributed by atoms with Gasteiger partial charge in [-0.25, -0.2) is 0 Å². The molecule has 1 atom stereocenters. The first-order valence-electron chi connectivity index (χ1n) is 6.89. The number of nitrogens with zero attached hydrogens (tertiary/aromatic N) is 2. The Morgan fingerprint density at radius 2 is 1.90 bits per heavy atom. The highest BCUT2D eigenvalue weighted by molar-refractivity contribution is 5.86. The number of fused-ring (bicyclic) bond motifs is 1. The number of hydrogen-bond acceptors (Lipinski definition) is 4. The lowest BCUT2D eigenvalue weighted by Crippen LogP contribution is -2.12. The van der Waals surface area contributed by atoms with E-state index in [1.165, 1.54) is 10.8 Å². The van der Waals surface area contributed by atoms with Gasteiger partial charge in [-0.3, -0.25) is 0 Å². The van der Waals surface area contributed by atoms with E-state index in [2.05, 4.69) is 34.4 Å². The van der Waals surface area contributed by atoms with Crippen molar-refractivity contribution in [3.63, 3.8) is 0 Å². The fourth-order valence-corrected chi connectivity index (χ4v) is 2.47. The lowest BCUT2D eigenvalue weighted by Gasteiger charge is -2.02. The van der Waals surface area contributed by atoms with Crippen LogP contribution in [0.25, 0.3) is 22.2 Å². The molecule has 4 heteroatoms. The molecule has 1 saturated carbocycles. The monoisotopic (exact) mass is 265 g/mol. The minimum Gasteiger partial charge on any atom is -0.337 e. The maximum Gasteiger partial charge on any atom is 0.244 e. The van der Waals surface area contributed by atoms with E-state index in [1.54, 1.807) is 0 Å². The van der Waals surface area contributed by atoms with Gasteiger partial charge >= 0.3 is 0 Å². The summed E-state index contributed by atoms with van der Waals surface area (Å²) >= 11 is 0. The first kappa shape index (κ1) is 11.6. The SMILES string of the molecule is NC(c1nc(-c2ccc3ccccc3c2)no1)C1CC1. The summed E-state index contributed by atoms with van der Waals surface area (Å²) in [5.74, 6) is 1.68. The average molecular weight is 265 g/mol. The van der Waals surface area contributed by atoms with Crippen molar-refractivity contribution in [3.8, 4) is 11.4 Å². The topological polar surface area (TPSA) is 64.9 Å². The van der Waals surface area contributed by atoms with Crippen LogP contribution >= 0.6 is 0 Å². The second-order valence-electron chi connectivity index (χ2n) is 5.38. The van der Waals surface area contributed by atoms with Crippen molar-refractivity contribution in [2.45, 2.75) is 18.9 Å². The summed E-state index contributed by atoms with van der Waals surface area (Å²) in [5, 5.41) is 6.43.